The molecule has 0 aliphatic carbocycles. The molecular formula is C20H21NO4. The van der Waals surface area contributed by atoms with Gasteiger partial charge in [-0.1, -0.05) is 36.4 Å². The zero-order valence-corrected chi connectivity index (χ0v) is 14.1. The van der Waals surface area contributed by atoms with E-state index in [4.69, 9.17) is 4.74 Å². The van der Waals surface area contributed by atoms with E-state index >= 15 is 0 Å². The fourth-order valence-corrected chi connectivity index (χ4v) is 2.33. The molecule has 2 aromatic rings. The lowest BCUT2D eigenvalue weighted by Gasteiger charge is -2.02. The van der Waals surface area contributed by atoms with E-state index in [0.717, 1.165) is 24.8 Å². The van der Waals surface area contributed by atoms with Crippen LogP contribution in [-0.2, 0) is 0 Å². The Hall–Kier alpha value is -3.08. The smallest absolute Gasteiger partial charge is 0.276 e. The van der Waals surface area contributed by atoms with Gasteiger partial charge in [0.2, 0.25) is 0 Å². The van der Waals surface area contributed by atoms with Crippen LogP contribution in [0.3, 0.4) is 0 Å². The Morgan fingerprint density at radius 3 is 2.40 bits per heavy atom. The predicted molar refractivity (Wildman–Crippen MR) is 99.7 cm³/mol. The summed E-state index contributed by atoms with van der Waals surface area (Å²) in [6.07, 6.45) is 10.5. The van der Waals surface area contributed by atoms with Crippen molar-refractivity contribution in [1.82, 2.24) is 0 Å². The first-order valence-electron chi connectivity index (χ1n) is 8.04. The summed E-state index contributed by atoms with van der Waals surface area (Å²) in [5.74, 6) is 0.857. The monoisotopic (exact) mass is 339 g/mol. The highest BCUT2D eigenvalue weighted by atomic mass is 16.6. The number of benzene rings is 2. The van der Waals surface area contributed by atoms with Crippen LogP contribution in [0.5, 0.6) is 11.5 Å². The second kappa shape index (κ2) is 9.27. The van der Waals surface area contributed by atoms with Crippen molar-refractivity contribution in [2.24, 2.45) is 0 Å². The van der Waals surface area contributed by atoms with Gasteiger partial charge >= 0.3 is 0 Å². The van der Waals surface area contributed by atoms with Crippen molar-refractivity contribution < 1.29 is 14.8 Å². The minimum Gasteiger partial charge on any atom is -0.508 e. The van der Waals surface area contributed by atoms with E-state index < -0.39 is 0 Å². The van der Waals surface area contributed by atoms with Crippen molar-refractivity contribution in [3.8, 4) is 11.5 Å². The largest absolute Gasteiger partial charge is 0.508 e. The van der Waals surface area contributed by atoms with E-state index in [1.165, 1.54) is 13.2 Å². The molecule has 0 spiro atoms. The summed E-state index contributed by atoms with van der Waals surface area (Å²) in [7, 11) is 1.54. The molecule has 0 radical (unpaired) electrons. The lowest BCUT2D eigenvalue weighted by molar-refractivity contribution is -0.385. The van der Waals surface area contributed by atoms with Gasteiger partial charge in [-0.25, -0.2) is 0 Å². The fourth-order valence-electron chi connectivity index (χ4n) is 2.33. The molecule has 130 valence electrons. The highest BCUT2D eigenvalue weighted by molar-refractivity contribution is 5.63. The molecule has 2 rings (SSSR count). The van der Waals surface area contributed by atoms with Crippen LogP contribution in [0, 0.1) is 10.1 Å². The van der Waals surface area contributed by atoms with Gasteiger partial charge < -0.3 is 9.84 Å². The maximum absolute atomic E-state index is 11.1. The third-order valence-corrected chi connectivity index (χ3v) is 3.67. The molecule has 1 N–H and O–H groups in total. The molecule has 0 aliphatic heterocycles. The number of hydrogen-bond acceptors (Lipinski definition) is 4. The lowest BCUT2D eigenvalue weighted by Crippen LogP contribution is -1.92. The van der Waals surface area contributed by atoms with Gasteiger partial charge in [-0.05, 0) is 49.1 Å². The SMILES string of the molecule is COc1ccc([N+](=O)[O-])c(/C=C/CCC/C=C/c2ccc(O)cc2)c1. The van der Waals surface area contributed by atoms with Crippen LogP contribution in [0.2, 0.25) is 0 Å². The van der Waals surface area contributed by atoms with Crippen LogP contribution in [-0.4, -0.2) is 17.1 Å². The van der Waals surface area contributed by atoms with Crippen LogP contribution < -0.4 is 4.74 Å². The van der Waals surface area contributed by atoms with Crippen LogP contribution in [0.25, 0.3) is 12.2 Å². The number of phenolic OH excluding ortho intramolecular Hbond substituents is 1. The average Bonchev–Trinajstić information content (AvgIpc) is 2.62. The molecule has 5 heteroatoms. The highest BCUT2D eigenvalue weighted by Gasteiger charge is 2.11. The van der Waals surface area contributed by atoms with Gasteiger partial charge in [0.1, 0.15) is 11.5 Å². The molecule has 0 bridgehead atoms. The number of rotatable bonds is 8. The summed E-state index contributed by atoms with van der Waals surface area (Å²) in [4.78, 5) is 10.7. The second-order valence-corrected chi connectivity index (χ2v) is 5.51. The van der Waals surface area contributed by atoms with E-state index in [-0.39, 0.29) is 16.4 Å². The van der Waals surface area contributed by atoms with Crippen molar-refractivity contribution in [2.45, 2.75) is 19.3 Å². The number of nitro benzene ring substituents is 1. The number of phenols is 1. The third kappa shape index (κ3) is 5.80. The van der Waals surface area contributed by atoms with Gasteiger partial charge in [0.05, 0.1) is 17.6 Å². The third-order valence-electron chi connectivity index (χ3n) is 3.67. The van der Waals surface area contributed by atoms with Crippen LogP contribution >= 0.6 is 0 Å². The Morgan fingerprint density at radius 1 is 1.08 bits per heavy atom. The normalized spacial score (nSPS) is 11.2. The standard InChI is InChI=1S/C20H21NO4/c1-25-19-13-14-20(21(23)24)17(15-19)8-6-4-2-3-5-7-16-9-11-18(22)12-10-16/h5-15,22H,2-4H2,1H3/b7-5+,8-6+. The zero-order valence-electron chi connectivity index (χ0n) is 14.1. The number of aromatic hydroxyl groups is 1. The molecule has 0 aromatic heterocycles. The van der Waals surface area contributed by atoms with Crippen LogP contribution in [0.4, 0.5) is 5.69 Å². The molecule has 25 heavy (non-hydrogen) atoms. The zero-order chi connectivity index (χ0) is 18.1. The molecule has 0 saturated heterocycles. The van der Waals surface area contributed by atoms with E-state index in [1.54, 1.807) is 30.3 Å². The van der Waals surface area contributed by atoms with Gasteiger partial charge in [0.25, 0.3) is 5.69 Å². The van der Waals surface area contributed by atoms with Crippen molar-refractivity contribution in [3.63, 3.8) is 0 Å². The van der Waals surface area contributed by atoms with Gasteiger partial charge in [0.15, 0.2) is 0 Å². The van der Waals surface area contributed by atoms with Crippen molar-refractivity contribution in [3.05, 3.63) is 75.9 Å². The maximum Gasteiger partial charge on any atom is 0.276 e. The first-order valence-corrected chi connectivity index (χ1v) is 8.04. The van der Waals surface area contributed by atoms with E-state index in [2.05, 4.69) is 6.08 Å². The summed E-state index contributed by atoms with van der Waals surface area (Å²) in [6, 6.07) is 11.7. The second-order valence-electron chi connectivity index (χ2n) is 5.51. The summed E-state index contributed by atoms with van der Waals surface area (Å²) in [6.45, 7) is 0. The molecule has 0 amide bonds. The number of ether oxygens (including phenoxy) is 1. The molecule has 5 nitrogen and oxygen atoms in total. The van der Waals surface area contributed by atoms with Crippen LogP contribution in [0.15, 0.2) is 54.6 Å². The molecular weight excluding hydrogens is 318 g/mol. The Kier molecular flexibility index (Phi) is 6.77. The first kappa shape index (κ1) is 18.3. The Balaban J connectivity index is 1.85. The number of unbranched alkanes of at least 4 members (excludes halogenated alkanes) is 2. The molecule has 0 atom stereocenters. The highest BCUT2D eigenvalue weighted by Crippen LogP contribution is 2.25. The average molecular weight is 339 g/mol. The molecule has 2 aromatic carbocycles. The minimum atomic E-state index is -0.389. The summed E-state index contributed by atoms with van der Waals surface area (Å²) >= 11 is 0. The van der Waals surface area contributed by atoms with E-state index in [1.807, 2.05) is 24.3 Å². The predicted octanol–water partition coefficient (Wildman–Crippen LogP) is 5.21. The Bertz CT molecular complexity index is 764. The molecule has 0 saturated carbocycles. The van der Waals surface area contributed by atoms with E-state index in [9.17, 15) is 15.2 Å². The van der Waals surface area contributed by atoms with Crippen LogP contribution in [0.1, 0.15) is 30.4 Å². The minimum absolute atomic E-state index is 0.0734. The summed E-state index contributed by atoms with van der Waals surface area (Å²) in [5, 5.41) is 20.3. The molecule has 0 heterocycles. The summed E-state index contributed by atoms with van der Waals surface area (Å²) < 4.78 is 5.12. The number of nitro groups is 1. The maximum atomic E-state index is 11.1. The Labute approximate surface area is 147 Å². The van der Waals surface area contributed by atoms with Crippen molar-refractivity contribution in [2.75, 3.05) is 7.11 Å². The fraction of sp³-hybridized carbons (Fsp3) is 0.200. The number of allylic oxidation sites excluding steroid dienone is 2. The quantitative estimate of drug-likeness (QED) is 0.407. The van der Waals surface area contributed by atoms with Crippen molar-refractivity contribution in [1.29, 1.82) is 0 Å². The van der Waals surface area contributed by atoms with Gasteiger partial charge in [-0.15, -0.1) is 0 Å². The number of methoxy groups -OCH3 is 1. The molecule has 0 unspecified atom stereocenters. The lowest BCUT2D eigenvalue weighted by atomic mass is 10.1. The van der Waals surface area contributed by atoms with Gasteiger partial charge in [-0.3, -0.25) is 10.1 Å². The molecule has 0 aliphatic rings. The first-order chi connectivity index (χ1) is 12.1. The Morgan fingerprint density at radius 2 is 1.76 bits per heavy atom. The topological polar surface area (TPSA) is 72.6 Å². The van der Waals surface area contributed by atoms with Gasteiger partial charge in [0, 0.05) is 6.07 Å². The summed E-state index contributed by atoms with van der Waals surface area (Å²) in [5.41, 5.74) is 1.66. The van der Waals surface area contributed by atoms with E-state index in [0.29, 0.717) is 11.3 Å². The number of hydrogen-bond donors (Lipinski definition) is 1. The van der Waals surface area contributed by atoms with Gasteiger partial charge in [-0.2, -0.15) is 0 Å². The van der Waals surface area contributed by atoms with Crippen molar-refractivity contribution >= 4 is 17.8 Å². The number of nitrogens with zero attached hydrogens (tertiary/aromatic N) is 1. The molecule has 0 fully saturated rings.